The van der Waals surface area contributed by atoms with Crippen molar-refractivity contribution in [2.24, 2.45) is 4.99 Å². The van der Waals surface area contributed by atoms with Crippen molar-refractivity contribution in [1.82, 2.24) is 15.6 Å². The van der Waals surface area contributed by atoms with Crippen LogP contribution in [-0.4, -0.2) is 37.9 Å². The number of nitrogens with zero attached hydrogens (tertiary/aromatic N) is 1. The fourth-order valence-corrected chi connectivity index (χ4v) is 3.61. The number of rotatable bonds is 6. The minimum atomic E-state index is 0.309. The lowest BCUT2D eigenvalue weighted by molar-refractivity contribution is 0.174. The smallest absolute Gasteiger partial charge is 0.231 e. The van der Waals surface area contributed by atoms with E-state index in [0.717, 1.165) is 43.4 Å². The van der Waals surface area contributed by atoms with Gasteiger partial charge in [-0.05, 0) is 49.1 Å². The van der Waals surface area contributed by atoms with Crippen LogP contribution in [0.5, 0.6) is 11.5 Å². The van der Waals surface area contributed by atoms with Gasteiger partial charge in [-0.15, -0.1) is 0 Å². The summed E-state index contributed by atoms with van der Waals surface area (Å²) in [6, 6.07) is 14.5. The molecular formula is C22H26N4O2. The summed E-state index contributed by atoms with van der Waals surface area (Å²) in [5.41, 5.74) is 5.00. The highest BCUT2D eigenvalue weighted by Gasteiger charge is 2.13. The van der Waals surface area contributed by atoms with Crippen molar-refractivity contribution in [1.29, 1.82) is 0 Å². The van der Waals surface area contributed by atoms with Gasteiger partial charge in [0.2, 0.25) is 6.79 Å². The average Bonchev–Trinajstić information content (AvgIpc) is 3.30. The third-order valence-corrected chi connectivity index (χ3v) is 5.06. The zero-order valence-electron chi connectivity index (χ0n) is 16.3. The summed E-state index contributed by atoms with van der Waals surface area (Å²) in [7, 11) is 1.80. The van der Waals surface area contributed by atoms with Crippen LogP contribution in [0.4, 0.5) is 0 Å². The Balaban J connectivity index is 1.26. The van der Waals surface area contributed by atoms with Crippen LogP contribution in [0.3, 0.4) is 0 Å². The summed E-state index contributed by atoms with van der Waals surface area (Å²) in [5.74, 6) is 2.47. The molecular weight excluding hydrogens is 352 g/mol. The van der Waals surface area contributed by atoms with E-state index in [0.29, 0.717) is 6.79 Å². The van der Waals surface area contributed by atoms with E-state index in [4.69, 9.17) is 9.47 Å². The monoisotopic (exact) mass is 378 g/mol. The Labute approximate surface area is 165 Å². The van der Waals surface area contributed by atoms with E-state index in [1.165, 1.54) is 27.7 Å². The average molecular weight is 378 g/mol. The number of H-pyrrole nitrogens is 1. The number of para-hydroxylation sites is 1. The molecule has 1 aliphatic heterocycles. The molecule has 0 aliphatic carbocycles. The molecule has 0 saturated carbocycles. The third kappa shape index (κ3) is 3.91. The second kappa shape index (κ2) is 8.25. The summed E-state index contributed by atoms with van der Waals surface area (Å²) >= 11 is 0. The van der Waals surface area contributed by atoms with E-state index < -0.39 is 0 Å². The van der Waals surface area contributed by atoms with Gasteiger partial charge in [-0.3, -0.25) is 4.99 Å². The SMILES string of the molecule is CN=C(NCCc1ccc2c(c1)OCO2)NCCc1c(C)[nH]c2ccccc12. The van der Waals surface area contributed by atoms with Gasteiger partial charge in [0.05, 0.1) is 0 Å². The molecule has 0 saturated heterocycles. The fraction of sp³-hybridized carbons (Fsp3) is 0.318. The van der Waals surface area contributed by atoms with Crippen LogP contribution in [0.15, 0.2) is 47.5 Å². The Morgan fingerprint density at radius 3 is 2.68 bits per heavy atom. The number of aliphatic imine (C=N–C) groups is 1. The Morgan fingerprint density at radius 1 is 1.04 bits per heavy atom. The van der Waals surface area contributed by atoms with Crippen LogP contribution in [0, 0.1) is 6.92 Å². The Bertz CT molecular complexity index is 993. The largest absolute Gasteiger partial charge is 0.454 e. The molecule has 6 heteroatoms. The first-order valence-electron chi connectivity index (χ1n) is 9.64. The maximum atomic E-state index is 5.44. The molecule has 1 aromatic heterocycles. The normalized spacial score (nSPS) is 13.1. The van der Waals surface area contributed by atoms with E-state index in [-0.39, 0.29) is 0 Å². The zero-order valence-corrected chi connectivity index (χ0v) is 16.3. The second-order valence-electron chi connectivity index (χ2n) is 6.89. The van der Waals surface area contributed by atoms with Crippen LogP contribution >= 0.6 is 0 Å². The van der Waals surface area contributed by atoms with E-state index in [1.54, 1.807) is 7.05 Å². The van der Waals surface area contributed by atoms with Crippen LogP contribution in [0.2, 0.25) is 0 Å². The maximum Gasteiger partial charge on any atom is 0.231 e. The molecule has 3 N–H and O–H groups in total. The van der Waals surface area contributed by atoms with Gasteiger partial charge in [-0.1, -0.05) is 24.3 Å². The molecule has 0 fully saturated rings. The predicted molar refractivity (Wildman–Crippen MR) is 112 cm³/mol. The Hall–Kier alpha value is -3.15. The number of aromatic nitrogens is 1. The summed E-state index contributed by atoms with van der Waals surface area (Å²) in [6.45, 7) is 4.06. The third-order valence-electron chi connectivity index (χ3n) is 5.06. The predicted octanol–water partition coefficient (Wildman–Crippen LogP) is 3.16. The van der Waals surface area contributed by atoms with Crippen molar-refractivity contribution in [2.75, 3.05) is 26.9 Å². The molecule has 6 nitrogen and oxygen atoms in total. The lowest BCUT2D eigenvalue weighted by Crippen LogP contribution is -2.39. The van der Waals surface area contributed by atoms with Gasteiger partial charge in [0, 0.05) is 36.7 Å². The molecule has 0 spiro atoms. The molecule has 3 aromatic rings. The lowest BCUT2D eigenvalue weighted by Gasteiger charge is -2.12. The number of hydrogen-bond acceptors (Lipinski definition) is 3. The van der Waals surface area contributed by atoms with Crippen LogP contribution in [0.1, 0.15) is 16.8 Å². The van der Waals surface area contributed by atoms with Crippen molar-refractivity contribution >= 4 is 16.9 Å². The summed E-state index contributed by atoms with van der Waals surface area (Å²) in [5, 5.41) is 8.08. The second-order valence-corrected chi connectivity index (χ2v) is 6.89. The van der Waals surface area contributed by atoms with Crippen LogP contribution < -0.4 is 20.1 Å². The number of hydrogen-bond donors (Lipinski definition) is 3. The highest BCUT2D eigenvalue weighted by molar-refractivity contribution is 5.84. The zero-order chi connectivity index (χ0) is 19.3. The molecule has 0 unspecified atom stereocenters. The maximum absolute atomic E-state index is 5.44. The highest BCUT2D eigenvalue weighted by Crippen LogP contribution is 2.32. The van der Waals surface area contributed by atoms with Gasteiger partial charge in [0.25, 0.3) is 0 Å². The minimum Gasteiger partial charge on any atom is -0.454 e. The molecule has 1 aliphatic rings. The molecule has 0 radical (unpaired) electrons. The fourth-order valence-electron chi connectivity index (χ4n) is 3.61. The summed E-state index contributed by atoms with van der Waals surface area (Å²) < 4.78 is 10.8. The summed E-state index contributed by atoms with van der Waals surface area (Å²) in [6.07, 6.45) is 1.83. The minimum absolute atomic E-state index is 0.309. The van der Waals surface area contributed by atoms with E-state index in [2.05, 4.69) is 57.9 Å². The van der Waals surface area contributed by atoms with Gasteiger partial charge in [0.15, 0.2) is 17.5 Å². The van der Waals surface area contributed by atoms with Gasteiger partial charge in [-0.25, -0.2) is 0 Å². The van der Waals surface area contributed by atoms with E-state index in [1.807, 2.05) is 12.1 Å². The molecule has 2 heterocycles. The Morgan fingerprint density at radius 2 is 1.82 bits per heavy atom. The van der Waals surface area contributed by atoms with Gasteiger partial charge >= 0.3 is 0 Å². The number of benzene rings is 2. The van der Waals surface area contributed by atoms with Gasteiger partial charge in [-0.2, -0.15) is 0 Å². The molecule has 28 heavy (non-hydrogen) atoms. The van der Waals surface area contributed by atoms with Crippen LogP contribution in [0.25, 0.3) is 10.9 Å². The van der Waals surface area contributed by atoms with E-state index in [9.17, 15) is 0 Å². The van der Waals surface area contributed by atoms with Crippen LogP contribution in [-0.2, 0) is 12.8 Å². The van der Waals surface area contributed by atoms with E-state index >= 15 is 0 Å². The number of aromatic amines is 1. The number of fused-ring (bicyclic) bond motifs is 2. The van der Waals surface area contributed by atoms with Crippen molar-refractivity contribution in [3.05, 3.63) is 59.3 Å². The highest BCUT2D eigenvalue weighted by atomic mass is 16.7. The van der Waals surface area contributed by atoms with Gasteiger partial charge < -0.3 is 25.1 Å². The number of ether oxygens (including phenoxy) is 2. The van der Waals surface area contributed by atoms with Crippen molar-refractivity contribution in [2.45, 2.75) is 19.8 Å². The lowest BCUT2D eigenvalue weighted by atomic mass is 10.1. The number of nitrogens with one attached hydrogen (secondary N) is 3. The van der Waals surface area contributed by atoms with Gasteiger partial charge in [0.1, 0.15) is 0 Å². The topological polar surface area (TPSA) is 70.7 Å². The summed E-state index contributed by atoms with van der Waals surface area (Å²) in [4.78, 5) is 7.78. The molecule has 146 valence electrons. The standard InChI is InChI=1S/C22H26N4O2/c1-15-17(18-5-3-4-6-19(18)26-15)10-12-25-22(23-2)24-11-9-16-7-8-20-21(13-16)28-14-27-20/h3-8,13,26H,9-12,14H2,1-2H3,(H2,23,24,25). The molecule has 2 aromatic carbocycles. The number of guanidine groups is 1. The number of aryl methyl sites for hydroxylation is 1. The van der Waals surface area contributed by atoms with Crippen molar-refractivity contribution in [3.8, 4) is 11.5 Å². The molecule has 0 bridgehead atoms. The quantitative estimate of drug-likeness (QED) is 0.455. The molecule has 4 rings (SSSR count). The van der Waals surface area contributed by atoms with Crippen molar-refractivity contribution < 1.29 is 9.47 Å². The first kappa shape index (κ1) is 18.2. The molecule has 0 amide bonds. The first-order valence-corrected chi connectivity index (χ1v) is 9.64. The van der Waals surface area contributed by atoms with Crippen molar-refractivity contribution in [3.63, 3.8) is 0 Å². The first-order chi connectivity index (χ1) is 13.7. The molecule has 0 atom stereocenters. The Kier molecular flexibility index (Phi) is 5.37.